The molecule has 0 saturated carbocycles. The summed E-state index contributed by atoms with van der Waals surface area (Å²) < 4.78 is 0.650. The average Bonchev–Trinajstić information content (AvgIpc) is 2.47. The van der Waals surface area contributed by atoms with Gasteiger partial charge in [-0.25, -0.2) is 5.01 Å². The van der Waals surface area contributed by atoms with Gasteiger partial charge in [-0.2, -0.15) is 0 Å². The van der Waals surface area contributed by atoms with Gasteiger partial charge in [0.15, 0.2) is 4.34 Å². The van der Waals surface area contributed by atoms with Gasteiger partial charge in [-0.1, -0.05) is 23.1 Å². The third kappa shape index (κ3) is 3.90. The van der Waals surface area contributed by atoms with Gasteiger partial charge in [-0.05, 0) is 0 Å². The molecule has 1 aromatic rings. The van der Waals surface area contributed by atoms with Gasteiger partial charge in [-0.15, -0.1) is 10.2 Å². The van der Waals surface area contributed by atoms with Crippen molar-refractivity contribution in [3.8, 4) is 0 Å². The molecule has 0 aliphatic rings. The Kier molecular flexibility index (Phi) is 4.11. The second kappa shape index (κ2) is 5.13. The molecule has 0 atom stereocenters. The lowest BCUT2D eigenvalue weighted by molar-refractivity contribution is -0.133. The van der Waals surface area contributed by atoms with E-state index in [9.17, 15) is 4.79 Å². The highest BCUT2D eigenvalue weighted by Gasteiger charge is 2.06. The van der Waals surface area contributed by atoms with Crippen molar-refractivity contribution >= 4 is 34.2 Å². The van der Waals surface area contributed by atoms with Gasteiger partial charge < -0.3 is 5.11 Å². The topological polar surface area (TPSA) is 78.3 Å². The maximum absolute atomic E-state index is 10.3. The molecule has 0 aliphatic heterocycles. The van der Waals surface area contributed by atoms with Crippen LogP contribution in [0.25, 0.3) is 0 Å². The standard InChI is InChI=1S/C6H10N4O2S2/c1-10(2)9-5-7-8-6(14-5)13-3-4(11)12/h3H2,1-2H3,(H,7,9)(H,11,12). The lowest BCUT2D eigenvalue weighted by Gasteiger charge is -2.08. The number of aromatic nitrogens is 2. The van der Waals surface area contributed by atoms with Gasteiger partial charge in [-0.3, -0.25) is 10.2 Å². The van der Waals surface area contributed by atoms with E-state index < -0.39 is 5.97 Å². The third-order valence-electron chi connectivity index (χ3n) is 1.04. The van der Waals surface area contributed by atoms with Crippen LogP contribution in [0.2, 0.25) is 0 Å². The van der Waals surface area contributed by atoms with Gasteiger partial charge in [0.25, 0.3) is 0 Å². The number of thioether (sulfide) groups is 1. The summed E-state index contributed by atoms with van der Waals surface area (Å²) in [6, 6.07) is 0. The zero-order valence-electron chi connectivity index (χ0n) is 7.72. The quantitative estimate of drug-likeness (QED) is 0.570. The highest BCUT2D eigenvalue weighted by Crippen LogP contribution is 2.25. The number of rotatable bonds is 5. The summed E-state index contributed by atoms with van der Waals surface area (Å²) in [5, 5.41) is 18.5. The smallest absolute Gasteiger partial charge is 0.313 e. The summed E-state index contributed by atoms with van der Waals surface area (Å²) >= 11 is 2.49. The molecule has 0 bridgehead atoms. The number of aliphatic carboxylic acids is 1. The molecule has 78 valence electrons. The predicted molar refractivity (Wildman–Crippen MR) is 55.6 cm³/mol. The van der Waals surface area contributed by atoms with Crippen LogP contribution in [-0.2, 0) is 4.79 Å². The van der Waals surface area contributed by atoms with E-state index in [1.807, 2.05) is 14.1 Å². The zero-order valence-corrected chi connectivity index (χ0v) is 9.35. The Morgan fingerprint density at radius 3 is 2.93 bits per heavy atom. The van der Waals surface area contributed by atoms with E-state index in [1.54, 1.807) is 5.01 Å². The van der Waals surface area contributed by atoms with Crippen LogP contribution in [0.5, 0.6) is 0 Å². The summed E-state index contributed by atoms with van der Waals surface area (Å²) in [5.41, 5.74) is 2.93. The van der Waals surface area contributed by atoms with Crippen LogP contribution in [0.1, 0.15) is 0 Å². The van der Waals surface area contributed by atoms with Gasteiger partial charge >= 0.3 is 5.97 Å². The Balaban J connectivity index is 2.46. The summed E-state index contributed by atoms with van der Waals surface area (Å²) in [5.74, 6) is -0.844. The minimum atomic E-state index is -0.854. The first kappa shape index (κ1) is 11.2. The maximum Gasteiger partial charge on any atom is 0.313 e. The third-order valence-corrected chi connectivity index (χ3v) is 2.99. The van der Waals surface area contributed by atoms with Crippen molar-refractivity contribution in [2.45, 2.75) is 4.34 Å². The summed E-state index contributed by atoms with van der Waals surface area (Å²) in [4.78, 5) is 10.3. The molecule has 14 heavy (non-hydrogen) atoms. The normalized spacial score (nSPS) is 10.5. The van der Waals surface area contributed by atoms with Gasteiger partial charge in [0, 0.05) is 14.1 Å². The fourth-order valence-corrected chi connectivity index (χ4v) is 2.18. The van der Waals surface area contributed by atoms with Crippen molar-refractivity contribution in [3.63, 3.8) is 0 Å². The van der Waals surface area contributed by atoms with Crippen molar-refractivity contribution in [1.82, 2.24) is 15.2 Å². The van der Waals surface area contributed by atoms with Crippen LogP contribution >= 0.6 is 23.1 Å². The van der Waals surface area contributed by atoms with Crippen LogP contribution in [0.3, 0.4) is 0 Å². The molecule has 0 aliphatic carbocycles. The minimum Gasteiger partial charge on any atom is -0.481 e. The number of carbonyl (C=O) groups is 1. The zero-order chi connectivity index (χ0) is 10.6. The lowest BCUT2D eigenvalue weighted by atomic mass is 10.8. The molecule has 0 fully saturated rings. The molecule has 2 N–H and O–H groups in total. The number of hydrogen-bond acceptors (Lipinski definition) is 7. The molecule has 0 aromatic carbocycles. The Bertz CT molecular complexity index is 315. The van der Waals surface area contributed by atoms with Crippen molar-refractivity contribution in [1.29, 1.82) is 0 Å². The first-order chi connectivity index (χ1) is 6.58. The van der Waals surface area contributed by atoms with Gasteiger partial charge in [0.05, 0.1) is 5.75 Å². The number of hydrazine groups is 1. The Hall–Kier alpha value is -0.860. The van der Waals surface area contributed by atoms with Crippen molar-refractivity contribution in [2.75, 3.05) is 25.3 Å². The number of nitrogens with zero attached hydrogens (tertiary/aromatic N) is 3. The first-order valence-corrected chi connectivity index (χ1v) is 5.50. The maximum atomic E-state index is 10.3. The highest BCUT2D eigenvalue weighted by atomic mass is 32.2. The molecular weight excluding hydrogens is 224 g/mol. The van der Waals surface area contributed by atoms with E-state index in [4.69, 9.17) is 5.11 Å². The average molecular weight is 234 g/mol. The SMILES string of the molecule is CN(C)Nc1nnc(SCC(=O)O)s1. The van der Waals surface area contributed by atoms with E-state index >= 15 is 0 Å². The summed E-state index contributed by atoms with van der Waals surface area (Å²) in [6.07, 6.45) is 0. The van der Waals surface area contributed by atoms with Crippen LogP contribution in [0.15, 0.2) is 4.34 Å². The molecule has 1 aromatic heterocycles. The molecule has 0 radical (unpaired) electrons. The number of carboxylic acids is 1. The van der Waals surface area contributed by atoms with Crippen LogP contribution < -0.4 is 5.43 Å². The van der Waals surface area contributed by atoms with E-state index in [1.165, 1.54) is 11.3 Å². The number of anilines is 1. The largest absolute Gasteiger partial charge is 0.481 e. The van der Waals surface area contributed by atoms with E-state index in [-0.39, 0.29) is 5.75 Å². The van der Waals surface area contributed by atoms with Crippen molar-refractivity contribution < 1.29 is 9.90 Å². The van der Waals surface area contributed by atoms with Crippen molar-refractivity contribution in [2.24, 2.45) is 0 Å². The van der Waals surface area contributed by atoms with Crippen LogP contribution in [0.4, 0.5) is 5.13 Å². The van der Waals surface area contributed by atoms with Crippen molar-refractivity contribution in [3.05, 3.63) is 0 Å². The molecule has 0 spiro atoms. The predicted octanol–water partition coefficient (Wildman–Crippen LogP) is 0.603. The van der Waals surface area contributed by atoms with Crippen LogP contribution in [-0.4, -0.2) is 46.1 Å². The fraction of sp³-hybridized carbons (Fsp3) is 0.500. The molecule has 0 amide bonds. The number of carboxylic acid groups (broad SMARTS) is 1. The lowest BCUT2D eigenvalue weighted by Crippen LogP contribution is -2.19. The monoisotopic (exact) mass is 234 g/mol. The van der Waals surface area contributed by atoms with E-state index in [0.29, 0.717) is 9.47 Å². The highest BCUT2D eigenvalue weighted by molar-refractivity contribution is 8.01. The van der Waals surface area contributed by atoms with Gasteiger partial charge in [0.1, 0.15) is 0 Å². The van der Waals surface area contributed by atoms with E-state index in [2.05, 4.69) is 15.6 Å². The summed E-state index contributed by atoms with van der Waals surface area (Å²) in [7, 11) is 3.68. The Labute approximate surface area is 89.3 Å². The number of nitrogens with one attached hydrogen (secondary N) is 1. The Morgan fingerprint density at radius 2 is 2.36 bits per heavy atom. The van der Waals surface area contributed by atoms with Gasteiger partial charge in [0.2, 0.25) is 5.13 Å². The molecular formula is C6H10N4O2S2. The summed E-state index contributed by atoms with van der Waals surface area (Å²) in [6.45, 7) is 0. The molecule has 0 unspecified atom stereocenters. The Morgan fingerprint density at radius 1 is 1.64 bits per heavy atom. The second-order valence-electron chi connectivity index (χ2n) is 2.56. The fourth-order valence-electron chi connectivity index (χ4n) is 0.628. The first-order valence-electron chi connectivity index (χ1n) is 3.70. The molecule has 6 nitrogen and oxygen atoms in total. The van der Waals surface area contributed by atoms with Crippen LogP contribution in [0, 0.1) is 0 Å². The van der Waals surface area contributed by atoms with E-state index in [0.717, 1.165) is 11.8 Å². The molecule has 1 heterocycles. The number of hydrogen-bond donors (Lipinski definition) is 2. The minimum absolute atomic E-state index is 0.0105. The molecule has 0 saturated heterocycles. The molecule has 8 heteroatoms. The molecule has 1 rings (SSSR count). The second-order valence-corrected chi connectivity index (χ2v) is 4.76.